The Kier molecular flexibility index (Phi) is 6.07. The monoisotopic (exact) mass is 329 g/mol. The number of amides is 1. The third-order valence-corrected chi connectivity index (χ3v) is 3.69. The average Bonchev–Trinajstić information content (AvgIpc) is 2.59. The highest BCUT2D eigenvalue weighted by molar-refractivity contribution is 5.94. The SMILES string of the molecule is CC(Cc1cccc(F)c1)C(=O)OCC(=O)N(C)c1ccccc1. The Hall–Kier alpha value is -2.69. The summed E-state index contributed by atoms with van der Waals surface area (Å²) in [6, 6.07) is 15.2. The number of hydrogen-bond donors (Lipinski definition) is 0. The van der Waals surface area contributed by atoms with E-state index in [2.05, 4.69) is 0 Å². The topological polar surface area (TPSA) is 46.6 Å². The fourth-order valence-electron chi connectivity index (χ4n) is 2.27. The molecule has 1 unspecified atom stereocenters. The summed E-state index contributed by atoms with van der Waals surface area (Å²) in [7, 11) is 1.63. The summed E-state index contributed by atoms with van der Waals surface area (Å²) >= 11 is 0. The molecule has 2 aromatic carbocycles. The zero-order chi connectivity index (χ0) is 17.5. The highest BCUT2D eigenvalue weighted by Crippen LogP contribution is 2.13. The Balaban J connectivity index is 1.84. The van der Waals surface area contributed by atoms with E-state index in [9.17, 15) is 14.0 Å². The molecule has 4 nitrogen and oxygen atoms in total. The van der Waals surface area contributed by atoms with Crippen molar-refractivity contribution in [3.63, 3.8) is 0 Å². The smallest absolute Gasteiger partial charge is 0.309 e. The van der Waals surface area contributed by atoms with Gasteiger partial charge in [-0.25, -0.2) is 4.39 Å². The van der Waals surface area contributed by atoms with Crippen LogP contribution in [0.1, 0.15) is 12.5 Å². The molecule has 24 heavy (non-hydrogen) atoms. The van der Waals surface area contributed by atoms with Crippen LogP contribution in [0.5, 0.6) is 0 Å². The van der Waals surface area contributed by atoms with E-state index in [1.54, 1.807) is 38.2 Å². The van der Waals surface area contributed by atoms with Gasteiger partial charge in [0.25, 0.3) is 5.91 Å². The van der Waals surface area contributed by atoms with Crippen molar-refractivity contribution in [2.24, 2.45) is 5.92 Å². The molecule has 0 aromatic heterocycles. The fraction of sp³-hybridized carbons (Fsp3) is 0.263. The highest BCUT2D eigenvalue weighted by atomic mass is 19.1. The standard InChI is InChI=1S/C19H20FNO3/c1-14(11-15-7-6-8-16(20)12-15)19(23)24-13-18(22)21(2)17-9-4-3-5-10-17/h3-10,12,14H,11,13H2,1-2H3. The average molecular weight is 329 g/mol. The van der Waals surface area contributed by atoms with Gasteiger partial charge < -0.3 is 9.64 Å². The molecule has 0 aliphatic rings. The number of likely N-dealkylation sites (N-methyl/N-ethyl adjacent to an activating group) is 1. The molecule has 0 N–H and O–H groups in total. The van der Waals surface area contributed by atoms with E-state index in [4.69, 9.17) is 4.74 Å². The molecular weight excluding hydrogens is 309 g/mol. The number of anilines is 1. The van der Waals surface area contributed by atoms with Crippen LogP contribution in [0.2, 0.25) is 0 Å². The van der Waals surface area contributed by atoms with Crippen LogP contribution in [0.15, 0.2) is 54.6 Å². The Bertz CT molecular complexity index is 703. The van der Waals surface area contributed by atoms with E-state index >= 15 is 0 Å². The number of benzene rings is 2. The van der Waals surface area contributed by atoms with Crippen LogP contribution < -0.4 is 4.90 Å². The van der Waals surface area contributed by atoms with Crippen molar-refractivity contribution < 1.29 is 18.7 Å². The third-order valence-electron chi connectivity index (χ3n) is 3.69. The Morgan fingerprint density at radius 1 is 1.12 bits per heavy atom. The second-order valence-corrected chi connectivity index (χ2v) is 5.63. The maximum Gasteiger partial charge on any atom is 0.309 e. The molecule has 0 radical (unpaired) electrons. The molecule has 0 fully saturated rings. The maximum absolute atomic E-state index is 13.2. The zero-order valence-corrected chi connectivity index (χ0v) is 13.7. The van der Waals surface area contributed by atoms with Gasteiger partial charge in [0.1, 0.15) is 5.82 Å². The number of para-hydroxylation sites is 1. The molecule has 5 heteroatoms. The summed E-state index contributed by atoms with van der Waals surface area (Å²) < 4.78 is 18.2. The van der Waals surface area contributed by atoms with Crippen molar-refractivity contribution in [1.82, 2.24) is 0 Å². The Labute approximate surface area is 140 Å². The van der Waals surface area contributed by atoms with Gasteiger partial charge >= 0.3 is 5.97 Å². The maximum atomic E-state index is 13.2. The van der Waals surface area contributed by atoms with Crippen LogP contribution in [0, 0.1) is 11.7 Å². The lowest BCUT2D eigenvalue weighted by atomic mass is 10.0. The normalized spacial score (nSPS) is 11.6. The molecule has 126 valence electrons. The summed E-state index contributed by atoms with van der Waals surface area (Å²) in [5, 5.41) is 0. The van der Waals surface area contributed by atoms with Gasteiger partial charge in [-0.05, 0) is 36.2 Å². The first-order chi connectivity index (χ1) is 11.5. The van der Waals surface area contributed by atoms with Crippen molar-refractivity contribution in [3.8, 4) is 0 Å². The number of halogens is 1. The number of rotatable bonds is 6. The molecule has 1 atom stereocenters. The van der Waals surface area contributed by atoms with Gasteiger partial charge in [0.15, 0.2) is 6.61 Å². The molecule has 0 aliphatic heterocycles. The van der Waals surface area contributed by atoms with E-state index in [1.807, 2.05) is 18.2 Å². The van der Waals surface area contributed by atoms with Gasteiger partial charge in [-0.2, -0.15) is 0 Å². The quantitative estimate of drug-likeness (QED) is 0.765. The van der Waals surface area contributed by atoms with Gasteiger partial charge in [0, 0.05) is 12.7 Å². The van der Waals surface area contributed by atoms with Crippen LogP contribution in [-0.4, -0.2) is 25.5 Å². The van der Waals surface area contributed by atoms with Crippen molar-refractivity contribution in [3.05, 3.63) is 66.0 Å². The molecule has 0 bridgehead atoms. The number of hydrogen-bond acceptors (Lipinski definition) is 3. The van der Waals surface area contributed by atoms with E-state index in [1.165, 1.54) is 17.0 Å². The molecule has 0 saturated heterocycles. The molecule has 0 heterocycles. The summed E-state index contributed by atoms with van der Waals surface area (Å²) in [6.07, 6.45) is 0.360. The number of carbonyl (C=O) groups is 2. The van der Waals surface area contributed by atoms with E-state index in [-0.39, 0.29) is 18.3 Å². The predicted octanol–water partition coefficient (Wildman–Crippen LogP) is 3.21. The van der Waals surface area contributed by atoms with Gasteiger partial charge in [-0.15, -0.1) is 0 Å². The Morgan fingerprint density at radius 2 is 1.83 bits per heavy atom. The van der Waals surface area contributed by atoms with E-state index in [0.29, 0.717) is 12.0 Å². The molecule has 0 spiro atoms. The predicted molar refractivity (Wildman–Crippen MR) is 90.1 cm³/mol. The lowest BCUT2D eigenvalue weighted by molar-refractivity contribution is -0.151. The molecule has 1 amide bonds. The summed E-state index contributed by atoms with van der Waals surface area (Å²) in [5.74, 6) is -1.59. The van der Waals surface area contributed by atoms with Gasteiger partial charge in [0.2, 0.25) is 0 Å². The van der Waals surface area contributed by atoms with Crippen LogP contribution in [0.4, 0.5) is 10.1 Å². The lowest BCUT2D eigenvalue weighted by Gasteiger charge is -2.18. The number of esters is 1. The van der Waals surface area contributed by atoms with Crippen molar-refractivity contribution in [2.75, 3.05) is 18.6 Å². The van der Waals surface area contributed by atoms with E-state index in [0.717, 1.165) is 5.69 Å². The van der Waals surface area contributed by atoms with Crippen molar-refractivity contribution in [2.45, 2.75) is 13.3 Å². The number of carbonyl (C=O) groups excluding carboxylic acids is 2. The fourth-order valence-corrected chi connectivity index (χ4v) is 2.27. The van der Waals surface area contributed by atoms with Crippen LogP contribution in [0.25, 0.3) is 0 Å². The second kappa shape index (κ2) is 8.24. The van der Waals surface area contributed by atoms with Gasteiger partial charge in [0.05, 0.1) is 5.92 Å². The zero-order valence-electron chi connectivity index (χ0n) is 13.7. The molecule has 0 saturated carbocycles. The van der Waals surface area contributed by atoms with Gasteiger partial charge in [-0.3, -0.25) is 9.59 Å². The highest BCUT2D eigenvalue weighted by Gasteiger charge is 2.18. The number of ether oxygens (including phenoxy) is 1. The largest absolute Gasteiger partial charge is 0.455 e. The minimum Gasteiger partial charge on any atom is -0.455 e. The minimum absolute atomic E-state index is 0.312. The first-order valence-electron chi connectivity index (χ1n) is 7.70. The first kappa shape index (κ1) is 17.7. The van der Waals surface area contributed by atoms with Gasteiger partial charge in [-0.1, -0.05) is 37.3 Å². The first-order valence-corrected chi connectivity index (χ1v) is 7.70. The molecule has 2 aromatic rings. The summed E-state index contributed by atoms with van der Waals surface area (Å²) in [6.45, 7) is 1.37. The Morgan fingerprint density at radius 3 is 2.50 bits per heavy atom. The van der Waals surface area contributed by atoms with Crippen LogP contribution in [0.3, 0.4) is 0 Å². The van der Waals surface area contributed by atoms with Crippen LogP contribution in [-0.2, 0) is 20.7 Å². The summed E-state index contributed by atoms with van der Waals surface area (Å²) in [4.78, 5) is 25.5. The minimum atomic E-state index is -0.478. The van der Waals surface area contributed by atoms with E-state index < -0.39 is 11.9 Å². The third kappa shape index (κ3) is 4.91. The molecular formula is C19H20FNO3. The number of nitrogens with zero attached hydrogens (tertiary/aromatic N) is 1. The van der Waals surface area contributed by atoms with Crippen molar-refractivity contribution in [1.29, 1.82) is 0 Å². The lowest BCUT2D eigenvalue weighted by Crippen LogP contribution is -2.32. The molecule has 2 rings (SSSR count). The van der Waals surface area contributed by atoms with Crippen molar-refractivity contribution >= 4 is 17.6 Å². The molecule has 0 aliphatic carbocycles. The summed E-state index contributed by atoms with van der Waals surface area (Å²) in [5.41, 5.74) is 1.44. The second-order valence-electron chi connectivity index (χ2n) is 5.63. The van der Waals surface area contributed by atoms with Crippen LogP contribution >= 0.6 is 0 Å².